The number of rotatable bonds is 6. The molecule has 8 unspecified atom stereocenters. The van der Waals surface area contributed by atoms with Crippen molar-refractivity contribution in [3.05, 3.63) is 6.92 Å². The summed E-state index contributed by atoms with van der Waals surface area (Å²) < 4.78 is 21.7. The van der Waals surface area contributed by atoms with Crippen molar-refractivity contribution in [1.29, 1.82) is 0 Å². The predicted molar refractivity (Wildman–Crippen MR) is 84.1 cm³/mol. The molecule has 0 aliphatic carbocycles. The molecule has 2 aliphatic rings. The van der Waals surface area contributed by atoms with E-state index in [9.17, 15) is 25.5 Å². The molecule has 26 heavy (non-hydrogen) atoms. The van der Waals surface area contributed by atoms with Crippen molar-refractivity contribution in [2.75, 3.05) is 13.2 Å². The summed E-state index contributed by atoms with van der Waals surface area (Å²) in [5.74, 6) is -0.448. The zero-order valence-electron chi connectivity index (χ0n) is 15.0. The van der Waals surface area contributed by atoms with Gasteiger partial charge in [0.05, 0.1) is 24.9 Å². The maximum Gasteiger partial charge on any atom is 0.186 e. The van der Waals surface area contributed by atoms with Gasteiger partial charge >= 0.3 is 0 Å². The van der Waals surface area contributed by atoms with Crippen molar-refractivity contribution in [1.82, 2.24) is 0 Å². The summed E-state index contributed by atoms with van der Waals surface area (Å²) >= 11 is 0. The Balaban J connectivity index is 0.00000338. The topological polar surface area (TPSA) is 138 Å². The second kappa shape index (κ2) is 11.1. The molecule has 9 nitrogen and oxygen atoms in total. The van der Waals surface area contributed by atoms with Crippen LogP contribution >= 0.6 is 0 Å². The third kappa shape index (κ3) is 5.21. The molecule has 10 heteroatoms. The number of aliphatic hydroxyl groups excluding tert-OH is 5. The van der Waals surface area contributed by atoms with Gasteiger partial charge in [-0.05, 0) is 19.4 Å². The Labute approximate surface area is 178 Å². The van der Waals surface area contributed by atoms with E-state index in [0.717, 1.165) is 0 Å². The summed E-state index contributed by atoms with van der Waals surface area (Å²) in [5.41, 5.74) is 0. The molecule has 10 atom stereocenters. The van der Waals surface area contributed by atoms with Crippen LogP contribution in [0.25, 0.3) is 0 Å². The van der Waals surface area contributed by atoms with E-state index in [1.165, 1.54) is 0 Å². The summed E-state index contributed by atoms with van der Waals surface area (Å²) in [6.07, 6.45) is -9.89. The van der Waals surface area contributed by atoms with Crippen molar-refractivity contribution in [2.45, 2.75) is 75.6 Å². The Morgan fingerprint density at radius 1 is 0.923 bits per heavy atom. The van der Waals surface area contributed by atoms with Crippen LogP contribution in [0.2, 0.25) is 0 Å². The fraction of sp³-hybridized carbons (Fsp3) is 0.938. The molecule has 2 heterocycles. The molecule has 0 amide bonds. The number of hydrogen-bond donors (Lipinski definition) is 5. The maximum absolute atomic E-state index is 10.3. The molecule has 151 valence electrons. The molecule has 2 aliphatic heterocycles. The zero-order chi connectivity index (χ0) is 18.7. The van der Waals surface area contributed by atoms with Crippen molar-refractivity contribution in [3.63, 3.8) is 0 Å². The first-order valence-corrected chi connectivity index (χ1v) is 8.59. The Morgan fingerprint density at radius 2 is 1.54 bits per heavy atom. The summed E-state index contributed by atoms with van der Waals surface area (Å²) in [4.78, 5) is 0. The van der Waals surface area contributed by atoms with E-state index >= 15 is 0 Å². The fourth-order valence-electron chi connectivity index (χ4n) is 3.31. The van der Waals surface area contributed by atoms with Crippen LogP contribution in [0, 0.1) is 12.8 Å². The molecule has 0 spiro atoms. The van der Waals surface area contributed by atoms with Crippen LogP contribution in [-0.4, -0.2) is 94.1 Å². The Morgan fingerprint density at radius 3 is 2.08 bits per heavy atom. The molecule has 2 fully saturated rings. The zero-order valence-corrected chi connectivity index (χ0v) is 17.9. The second-order valence-electron chi connectivity index (χ2n) is 6.36. The third-order valence-electron chi connectivity index (χ3n) is 4.77. The van der Waals surface area contributed by atoms with Gasteiger partial charge in [-0.15, -0.1) is 0 Å². The summed E-state index contributed by atoms with van der Waals surface area (Å²) in [7, 11) is 0. The van der Waals surface area contributed by atoms with Crippen LogP contribution in [0.1, 0.15) is 20.3 Å². The Bertz CT molecular complexity index is 413. The molecule has 0 aromatic heterocycles. The first kappa shape index (κ1) is 24.8. The first-order chi connectivity index (χ1) is 11.8. The minimum absolute atomic E-state index is 0. The van der Waals surface area contributed by atoms with E-state index in [-0.39, 0.29) is 45.9 Å². The second-order valence-corrected chi connectivity index (χ2v) is 6.36. The smallest absolute Gasteiger partial charge is 0.186 e. The number of ether oxygens (including phenoxy) is 4. The predicted octanol–water partition coefficient (Wildman–Crippen LogP) is -1.85. The summed E-state index contributed by atoms with van der Waals surface area (Å²) in [5, 5.41) is 50.3. The van der Waals surface area contributed by atoms with Crippen molar-refractivity contribution < 1.29 is 77.2 Å². The molecule has 0 aromatic carbocycles. The minimum Gasteiger partial charge on any atom is -0.394 e. The van der Waals surface area contributed by atoms with Crippen LogP contribution in [0.4, 0.5) is 0 Å². The number of aliphatic hydroxyl groups is 5. The van der Waals surface area contributed by atoms with Gasteiger partial charge in [-0.25, -0.2) is 0 Å². The van der Waals surface area contributed by atoms with Gasteiger partial charge < -0.3 is 51.4 Å². The van der Waals surface area contributed by atoms with Crippen molar-refractivity contribution >= 4 is 0 Å². The van der Waals surface area contributed by atoms with Crippen LogP contribution in [0.3, 0.4) is 0 Å². The molecule has 0 bridgehead atoms. The van der Waals surface area contributed by atoms with Crippen molar-refractivity contribution in [2.24, 2.45) is 5.92 Å². The van der Waals surface area contributed by atoms with Crippen LogP contribution in [-0.2, 0) is 51.7 Å². The van der Waals surface area contributed by atoms with Gasteiger partial charge in [-0.2, -0.15) is 0 Å². The van der Waals surface area contributed by atoms with E-state index in [4.69, 9.17) is 18.9 Å². The quantitative estimate of drug-likeness (QED) is 0.293. The SMILES string of the molecule is [CH2-]C1O[C@@H](OCC)C(O)C(O)C1O[C@@H]1OC(CO)C(CC)C(O)C1O.[Y]. The standard InChI is InChI=1S/C16H29O9.Y/c1-4-8-9(6-17)24-16(12(20)10(8)18)25-14-7(3)23-15(22-5-2)13(21)11(14)19;/h7-21H,3-6H2,1-2H3;/q-1;/t7?,8?,9?,10?,11?,12?,13?,14?,15-,16+;/m1./s1. The van der Waals surface area contributed by atoms with E-state index in [1.54, 1.807) is 6.92 Å². The van der Waals surface area contributed by atoms with E-state index in [1.807, 2.05) is 6.92 Å². The van der Waals surface area contributed by atoms with Crippen molar-refractivity contribution in [3.8, 4) is 0 Å². The van der Waals surface area contributed by atoms with E-state index < -0.39 is 61.2 Å². The molecule has 0 saturated carbocycles. The van der Waals surface area contributed by atoms with Gasteiger partial charge in [0, 0.05) is 45.2 Å². The maximum atomic E-state index is 10.3. The normalized spacial score (nSPS) is 46.6. The molecule has 1 radical (unpaired) electrons. The van der Waals surface area contributed by atoms with Gasteiger partial charge in [0.25, 0.3) is 0 Å². The average molecular weight is 454 g/mol. The molecular weight excluding hydrogens is 425 g/mol. The fourth-order valence-corrected chi connectivity index (χ4v) is 3.31. The number of hydrogen-bond acceptors (Lipinski definition) is 9. The van der Waals surface area contributed by atoms with Gasteiger partial charge in [0.1, 0.15) is 18.3 Å². The Kier molecular flexibility index (Phi) is 10.5. The van der Waals surface area contributed by atoms with Crippen LogP contribution in [0.5, 0.6) is 0 Å². The monoisotopic (exact) mass is 454 g/mol. The average Bonchev–Trinajstić information content (AvgIpc) is 2.59. The van der Waals surface area contributed by atoms with Gasteiger partial charge in [0.2, 0.25) is 0 Å². The molecule has 2 saturated heterocycles. The molecule has 0 aromatic rings. The summed E-state index contributed by atoms with van der Waals surface area (Å²) in [6.45, 7) is 7.18. The minimum atomic E-state index is -1.39. The molecular formula is C16H29O9Y-. The summed E-state index contributed by atoms with van der Waals surface area (Å²) in [6, 6.07) is 0. The molecule has 2 rings (SSSR count). The van der Waals surface area contributed by atoms with E-state index in [2.05, 4.69) is 6.92 Å². The largest absolute Gasteiger partial charge is 0.394 e. The third-order valence-corrected chi connectivity index (χ3v) is 4.77. The molecule has 5 N–H and O–H groups in total. The van der Waals surface area contributed by atoms with Gasteiger partial charge in [-0.3, -0.25) is 0 Å². The first-order valence-electron chi connectivity index (χ1n) is 8.59. The van der Waals surface area contributed by atoms with Crippen LogP contribution < -0.4 is 0 Å². The van der Waals surface area contributed by atoms with E-state index in [0.29, 0.717) is 6.42 Å². The van der Waals surface area contributed by atoms with Gasteiger partial charge in [0.15, 0.2) is 12.6 Å². The Hall–Kier alpha value is 0.744. The van der Waals surface area contributed by atoms with Gasteiger partial charge in [-0.1, -0.05) is 6.92 Å². The van der Waals surface area contributed by atoms with Crippen LogP contribution in [0.15, 0.2) is 0 Å².